The van der Waals surface area contributed by atoms with Crippen LogP contribution in [-0.2, 0) is 6.18 Å². The van der Waals surface area contributed by atoms with E-state index in [2.05, 4.69) is 5.32 Å². The number of amides is 1. The zero-order valence-electron chi connectivity index (χ0n) is 18.0. The van der Waals surface area contributed by atoms with E-state index in [1.165, 1.54) is 12.1 Å². The molecule has 168 valence electrons. The Morgan fingerprint density at radius 1 is 0.636 bits per heavy atom. The molecule has 0 radical (unpaired) electrons. The third-order valence-corrected chi connectivity index (χ3v) is 12.1. The summed E-state index contributed by atoms with van der Waals surface area (Å²) in [5, 5.41) is 5.55. The predicted molar refractivity (Wildman–Crippen MR) is 132 cm³/mol. The molecule has 0 aromatic heterocycles. The molecule has 0 atom stereocenters. The maximum atomic E-state index is 14.4. The molecule has 0 heterocycles. The molecule has 0 saturated heterocycles. The number of anilines is 1. The Morgan fingerprint density at radius 2 is 1.00 bits per heavy atom. The van der Waals surface area contributed by atoms with E-state index in [1.54, 1.807) is 0 Å². The third kappa shape index (κ3) is 3.83. The van der Waals surface area contributed by atoms with Gasteiger partial charge in [-0.05, 0) is 0 Å². The minimum absolute atomic E-state index is 0.246. The molecule has 1 N–H and O–H groups in total. The van der Waals surface area contributed by atoms with Crippen molar-refractivity contribution in [1.82, 2.24) is 0 Å². The van der Waals surface area contributed by atoms with Gasteiger partial charge in [-0.3, -0.25) is 0 Å². The van der Waals surface area contributed by atoms with Gasteiger partial charge in [0.2, 0.25) is 0 Å². The topological polar surface area (TPSA) is 29.1 Å². The van der Waals surface area contributed by atoms with Gasteiger partial charge in [0.25, 0.3) is 0 Å². The molecular formula is C27H23F3NOP. The molecule has 4 aromatic carbocycles. The summed E-state index contributed by atoms with van der Waals surface area (Å²) in [6, 6.07) is 33.3. The molecule has 2 nitrogen and oxygen atoms in total. The van der Waals surface area contributed by atoms with Crippen LogP contribution in [0, 0.1) is 0 Å². The van der Waals surface area contributed by atoms with Gasteiger partial charge in [-0.25, -0.2) is 0 Å². The Bertz CT molecular complexity index is 1140. The number of alkyl halides is 3. The van der Waals surface area contributed by atoms with Crippen molar-refractivity contribution in [1.29, 1.82) is 0 Å². The first-order valence-electron chi connectivity index (χ1n) is 10.4. The SMILES string of the molecule is CP(C(=O)Nc1ccc(C(F)(F)F)cc1)(c1ccccc1)(c1ccccc1)c1ccccc1. The molecule has 0 spiro atoms. The van der Waals surface area contributed by atoms with E-state index in [0.29, 0.717) is 5.69 Å². The number of hydrogen-bond donors (Lipinski definition) is 1. The van der Waals surface area contributed by atoms with Crippen molar-refractivity contribution in [3.05, 3.63) is 121 Å². The number of rotatable bonds is 5. The molecule has 0 aliphatic heterocycles. The van der Waals surface area contributed by atoms with Crippen molar-refractivity contribution in [3.8, 4) is 0 Å². The number of carbonyl (C=O) groups is 1. The van der Waals surface area contributed by atoms with E-state index >= 15 is 0 Å². The normalized spacial score (nSPS) is 13.0. The summed E-state index contributed by atoms with van der Waals surface area (Å²) in [6.45, 7) is -1.76. The van der Waals surface area contributed by atoms with Crippen molar-refractivity contribution in [3.63, 3.8) is 0 Å². The second-order valence-electron chi connectivity index (χ2n) is 8.08. The fraction of sp³-hybridized carbons (Fsp3) is 0.0741. The summed E-state index contributed by atoms with van der Waals surface area (Å²) in [5.41, 5.74) is -0.695. The van der Waals surface area contributed by atoms with E-state index in [4.69, 9.17) is 0 Å². The zero-order chi connectivity index (χ0) is 23.6. The van der Waals surface area contributed by atoms with Gasteiger partial charge in [0.15, 0.2) is 0 Å². The number of benzene rings is 4. The average molecular weight is 465 g/mol. The van der Waals surface area contributed by atoms with Gasteiger partial charge in [-0.2, -0.15) is 0 Å². The van der Waals surface area contributed by atoms with Crippen LogP contribution in [0.5, 0.6) is 0 Å². The van der Waals surface area contributed by atoms with Crippen LogP contribution in [0.25, 0.3) is 0 Å². The van der Waals surface area contributed by atoms with Crippen LogP contribution in [0.4, 0.5) is 23.7 Å². The molecule has 6 heteroatoms. The van der Waals surface area contributed by atoms with Crippen LogP contribution in [0.2, 0.25) is 0 Å². The molecule has 0 saturated carbocycles. The van der Waals surface area contributed by atoms with Crippen LogP contribution in [0.15, 0.2) is 115 Å². The molecular weight excluding hydrogens is 442 g/mol. The molecule has 0 bridgehead atoms. The van der Waals surface area contributed by atoms with Gasteiger partial charge in [0.05, 0.1) is 0 Å². The fourth-order valence-electron chi connectivity index (χ4n) is 4.21. The predicted octanol–water partition coefficient (Wildman–Crippen LogP) is 6.40. The minimum atomic E-state index is -4.44. The summed E-state index contributed by atoms with van der Waals surface area (Å²) in [7, 11) is 0. The zero-order valence-corrected chi connectivity index (χ0v) is 18.9. The van der Waals surface area contributed by atoms with Crippen LogP contribution in [0.1, 0.15) is 5.56 Å². The first-order chi connectivity index (χ1) is 15.7. The molecule has 0 aliphatic carbocycles. The Morgan fingerprint density at radius 3 is 1.33 bits per heavy atom. The van der Waals surface area contributed by atoms with Gasteiger partial charge in [-0.1, -0.05) is 0 Å². The van der Waals surface area contributed by atoms with Crippen LogP contribution < -0.4 is 21.2 Å². The molecule has 4 aromatic rings. The van der Waals surface area contributed by atoms with Crippen molar-refractivity contribution in [2.75, 3.05) is 12.0 Å². The van der Waals surface area contributed by atoms with Crippen LogP contribution >= 0.6 is 6.60 Å². The Kier molecular flexibility index (Phi) is 5.85. The number of carbonyl (C=O) groups excluding carboxylic acids is 1. The molecule has 0 aliphatic rings. The molecule has 1 amide bonds. The Hall–Kier alpha value is -3.43. The van der Waals surface area contributed by atoms with E-state index in [1.807, 2.05) is 97.7 Å². The van der Waals surface area contributed by atoms with E-state index in [-0.39, 0.29) is 5.65 Å². The van der Waals surface area contributed by atoms with Gasteiger partial charge >= 0.3 is 191 Å². The molecule has 4 rings (SSSR count). The number of halogens is 3. The van der Waals surface area contributed by atoms with E-state index in [9.17, 15) is 18.0 Å². The standard InChI is InChI=1S/C27H23F3NOP/c1-33(23-11-5-2-6-12-23,24-13-7-3-8-14-24,25-15-9-4-10-16-25)26(32)31-22-19-17-21(18-20-22)27(28,29)30/h2-20H,1H3,(H,31,32). The average Bonchev–Trinajstić information content (AvgIpc) is 2.85. The Labute approximate surface area is 191 Å². The monoisotopic (exact) mass is 465 g/mol. The van der Waals surface area contributed by atoms with Gasteiger partial charge in [0.1, 0.15) is 0 Å². The van der Waals surface area contributed by atoms with Crippen LogP contribution in [-0.4, -0.2) is 12.3 Å². The second-order valence-corrected chi connectivity index (χ2v) is 13.2. The van der Waals surface area contributed by atoms with Crippen molar-refractivity contribution < 1.29 is 18.0 Å². The molecule has 0 unspecified atom stereocenters. The summed E-state index contributed by atoms with van der Waals surface area (Å²) in [5.74, 6) is 0. The first kappa shape index (κ1) is 22.8. The van der Waals surface area contributed by atoms with Crippen molar-refractivity contribution in [2.24, 2.45) is 0 Å². The Balaban J connectivity index is 1.94. The van der Waals surface area contributed by atoms with E-state index < -0.39 is 18.3 Å². The van der Waals surface area contributed by atoms with E-state index in [0.717, 1.165) is 28.0 Å². The number of hydrogen-bond acceptors (Lipinski definition) is 1. The fourth-order valence-corrected chi connectivity index (χ4v) is 8.97. The summed E-state index contributed by atoms with van der Waals surface area (Å²) in [6.07, 6.45) is -4.44. The third-order valence-electron chi connectivity index (χ3n) is 6.18. The van der Waals surface area contributed by atoms with Gasteiger partial charge in [-0.15, -0.1) is 0 Å². The first-order valence-corrected chi connectivity index (χ1v) is 13.1. The van der Waals surface area contributed by atoms with Gasteiger partial charge in [0, 0.05) is 0 Å². The summed E-state index contributed by atoms with van der Waals surface area (Å²) >= 11 is 0. The van der Waals surface area contributed by atoms with Crippen molar-refractivity contribution >= 4 is 33.9 Å². The molecule has 0 fully saturated rings. The quantitative estimate of drug-likeness (QED) is 0.340. The number of nitrogens with one attached hydrogen (secondary N) is 1. The summed E-state index contributed by atoms with van der Waals surface area (Å²) < 4.78 is 39.0. The molecule has 33 heavy (non-hydrogen) atoms. The second kappa shape index (κ2) is 8.49. The van der Waals surface area contributed by atoms with Gasteiger partial charge < -0.3 is 0 Å². The maximum absolute atomic E-state index is 14.4. The van der Waals surface area contributed by atoms with Crippen molar-refractivity contribution in [2.45, 2.75) is 6.18 Å². The van der Waals surface area contributed by atoms with Crippen LogP contribution in [0.3, 0.4) is 0 Å². The summed E-state index contributed by atoms with van der Waals surface area (Å²) in [4.78, 5) is 14.4.